The summed E-state index contributed by atoms with van der Waals surface area (Å²) in [5.41, 5.74) is 0. The molecule has 0 aromatic heterocycles. The fraction of sp³-hybridized carbons (Fsp3) is 0.923. The van der Waals surface area contributed by atoms with E-state index in [4.69, 9.17) is 9.84 Å². The molecule has 5 nitrogen and oxygen atoms in total. The highest BCUT2D eigenvalue weighted by molar-refractivity contribution is 5.67. The second kappa shape index (κ2) is 8.45. The summed E-state index contributed by atoms with van der Waals surface area (Å²) in [5.74, 6) is -0.987. The zero-order valence-electron chi connectivity index (χ0n) is 11.2. The number of carboxylic acid groups (broad SMARTS) is 1. The minimum atomic E-state index is -0.987. The molecule has 1 rings (SSSR count). The maximum Gasteiger partial charge on any atom is 0.306 e. The molecule has 2 atom stereocenters. The van der Waals surface area contributed by atoms with Crippen molar-refractivity contribution in [2.45, 2.75) is 51.2 Å². The first-order chi connectivity index (χ1) is 8.61. The predicted molar refractivity (Wildman–Crippen MR) is 68.6 cm³/mol. The van der Waals surface area contributed by atoms with Gasteiger partial charge in [0.2, 0.25) is 0 Å². The number of piperidine rings is 1. The zero-order chi connectivity index (χ0) is 13.4. The van der Waals surface area contributed by atoms with Crippen molar-refractivity contribution >= 4 is 5.97 Å². The summed E-state index contributed by atoms with van der Waals surface area (Å²) in [6.07, 6.45) is 3.51. The largest absolute Gasteiger partial charge is 0.481 e. The lowest BCUT2D eigenvalue weighted by atomic mass is 10.1. The molecule has 0 radical (unpaired) electrons. The second-order valence-corrected chi connectivity index (χ2v) is 5.00. The highest BCUT2D eigenvalue weighted by Crippen LogP contribution is 2.14. The van der Waals surface area contributed by atoms with Crippen LogP contribution >= 0.6 is 0 Å². The van der Waals surface area contributed by atoms with Gasteiger partial charge in [-0.3, -0.25) is 4.79 Å². The van der Waals surface area contributed by atoms with Gasteiger partial charge in [-0.15, -0.1) is 0 Å². The van der Waals surface area contributed by atoms with Crippen LogP contribution in [0, 0.1) is 0 Å². The van der Waals surface area contributed by atoms with Gasteiger partial charge >= 0.3 is 5.97 Å². The monoisotopic (exact) mass is 259 g/mol. The Balaban J connectivity index is 2.19. The van der Waals surface area contributed by atoms with Gasteiger partial charge in [-0.2, -0.15) is 0 Å². The van der Waals surface area contributed by atoms with Crippen LogP contribution in [0.25, 0.3) is 0 Å². The third-order valence-electron chi connectivity index (χ3n) is 3.22. The standard InChI is InChI=1S/C13H25NO4/c1-2-3-6-14-7-4-5-12(9-14)18-10-11(15)8-13(16)17/h11-12,15H,2-10H2,1H3,(H,16,17)/t11-,12+/m0/s1. The van der Waals surface area contributed by atoms with E-state index in [1.54, 1.807) is 0 Å². The average Bonchev–Trinajstić information content (AvgIpc) is 2.33. The van der Waals surface area contributed by atoms with Crippen molar-refractivity contribution in [3.05, 3.63) is 0 Å². The highest BCUT2D eigenvalue weighted by atomic mass is 16.5. The number of nitrogens with zero attached hydrogens (tertiary/aromatic N) is 1. The quantitative estimate of drug-likeness (QED) is 0.683. The van der Waals surface area contributed by atoms with E-state index in [1.807, 2.05) is 0 Å². The number of hydrogen-bond acceptors (Lipinski definition) is 4. The van der Waals surface area contributed by atoms with E-state index >= 15 is 0 Å². The van der Waals surface area contributed by atoms with Crippen LogP contribution in [-0.2, 0) is 9.53 Å². The lowest BCUT2D eigenvalue weighted by Crippen LogP contribution is -2.41. The van der Waals surface area contributed by atoms with Crippen molar-refractivity contribution in [3.63, 3.8) is 0 Å². The number of ether oxygens (including phenoxy) is 1. The van der Waals surface area contributed by atoms with Crippen LogP contribution in [0.3, 0.4) is 0 Å². The van der Waals surface area contributed by atoms with Crippen LogP contribution in [0.1, 0.15) is 39.0 Å². The fourth-order valence-electron chi connectivity index (χ4n) is 2.24. The number of likely N-dealkylation sites (tertiary alicyclic amines) is 1. The number of carbonyl (C=O) groups is 1. The van der Waals surface area contributed by atoms with Crippen molar-refractivity contribution in [2.75, 3.05) is 26.2 Å². The van der Waals surface area contributed by atoms with E-state index in [0.717, 1.165) is 32.5 Å². The highest BCUT2D eigenvalue weighted by Gasteiger charge is 2.21. The Kier molecular flexibility index (Phi) is 7.23. The molecule has 0 aromatic rings. The topological polar surface area (TPSA) is 70.0 Å². The van der Waals surface area contributed by atoms with E-state index in [2.05, 4.69) is 11.8 Å². The summed E-state index contributed by atoms with van der Waals surface area (Å²) in [5, 5.41) is 18.0. The minimum Gasteiger partial charge on any atom is -0.481 e. The molecule has 2 N–H and O–H groups in total. The van der Waals surface area contributed by atoms with Gasteiger partial charge in [-0.05, 0) is 32.4 Å². The Morgan fingerprint density at radius 3 is 3.00 bits per heavy atom. The van der Waals surface area contributed by atoms with Crippen molar-refractivity contribution < 1.29 is 19.7 Å². The number of aliphatic carboxylic acids is 1. The first-order valence-corrected chi connectivity index (χ1v) is 6.85. The Morgan fingerprint density at radius 1 is 1.56 bits per heavy atom. The van der Waals surface area contributed by atoms with Crippen LogP contribution in [0.2, 0.25) is 0 Å². The molecule has 0 unspecified atom stereocenters. The van der Waals surface area contributed by atoms with Crippen LogP contribution in [-0.4, -0.2) is 59.5 Å². The number of carboxylic acids is 1. The lowest BCUT2D eigenvalue weighted by Gasteiger charge is -2.32. The fourth-order valence-corrected chi connectivity index (χ4v) is 2.24. The molecule has 0 saturated carbocycles. The molecule has 0 amide bonds. The summed E-state index contributed by atoms with van der Waals surface area (Å²) in [6.45, 7) is 5.43. The summed E-state index contributed by atoms with van der Waals surface area (Å²) in [7, 11) is 0. The Labute approximate surface area is 109 Å². The minimum absolute atomic E-state index is 0.124. The molecular weight excluding hydrogens is 234 g/mol. The Morgan fingerprint density at radius 2 is 2.33 bits per heavy atom. The van der Waals surface area contributed by atoms with E-state index in [0.29, 0.717) is 0 Å². The van der Waals surface area contributed by atoms with Crippen molar-refractivity contribution in [3.8, 4) is 0 Å². The molecule has 0 aromatic carbocycles. The molecule has 0 spiro atoms. The maximum atomic E-state index is 10.4. The first-order valence-electron chi connectivity index (χ1n) is 6.85. The van der Waals surface area contributed by atoms with Gasteiger partial charge in [0.05, 0.1) is 25.2 Å². The van der Waals surface area contributed by atoms with Crippen molar-refractivity contribution in [1.82, 2.24) is 4.90 Å². The molecule has 1 heterocycles. The molecule has 18 heavy (non-hydrogen) atoms. The number of hydrogen-bond donors (Lipinski definition) is 2. The number of rotatable bonds is 8. The summed E-state index contributed by atoms with van der Waals surface area (Å²) >= 11 is 0. The summed E-state index contributed by atoms with van der Waals surface area (Å²) in [4.78, 5) is 12.8. The Hall–Kier alpha value is -0.650. The van der Waals surface area contributed by atoms with E-state index in [1.165, 1.54) is 12.8 Å². The lowest BCUT2D eigenvalue weighted by molar-refractivity contribution is -0.140. The van der Waals surface area contributed by atoms with Gasteiger partial charge in [-0.25, -0.2) is 0 Å². The van der Waals surface area contributed by atoms with Crippen molar-refractivity contribution in [1.29, 1.82) is 0 Å². The second-order valence-electron chi connectivity index (χ2n) is 5.00. The molecule has 1 aliphatic rings. The molecule has 5 heteroatoms. The number of unbranched alkanes of at least 4 members (excludes halogenated alkanes) is 1. The molecule has 1 saturated heterocycles. The molecule has 1 fully saturated rings. The van der Waals surface area contributed by atoms with Crippen LogP contribution in [0.4, 0.5) is 0 Å². The molecule has 0 aliphatic carbocycles. The van der Waals surface area contributed by atoms with E-state index in [-0.39, 0.29) is 19.1 Å². The van der Waals surface area contributed by atoms with Gasteiger partial charge in [0.1, 0.15) is 0 Å². The number of aliphatic hydroxyl groups excluding tert-OH is 1. The van der Waals surface area contributed by atoms with Crippen LogP contribution < -0.4 is 0 Å². The zero-order valence-corrected chi connectivity index (χ0v) is 11.2. The molecule has 0 bridgehead atoms. The van der Waals surface area contributed by atoms with Gasteiger partial charge < -0.3 is 19.8 Å². The molecular formula is C13H25NO4. The molecule has 106 valence electrons. The third-order valence-corrected chi connectivity index (χ3v) is 3.22. The summed E-state index contributed by atoms with van der Waals surface area (Å²) < 4.78 is 5.60. The normalized spacial score (nSPS) is 22.9. The predicted octanol–water partition coefficient (Wildman–Crippen LogP) is 1.10. The first kappa shape index (κ1) is 15.4. The van der Waals surface area contributed by atoms with Gasteiger partial charge in [0.25, 0.3) is 0 Å². The third kappa shape index (κ3) is 6.33. The van der Waals surface area contributed by atoms with Crippen LogP contribution in [0.15, 0.2) is 0 Å². The van der Waals surface area contributed by atoms with E-state index in [9.17, 15) is 9.90 Å². The Bertz CT molecular complexity index is 247. The smallest absolute Gasteiger partial charge is 0.306 e. The molecule has 1 aliphatic heterocycles. The van der Waals surface area contributed by atoms with Gasteiger partial charge in [0, 0.05) is 6.54 Å². The maximum absolute atomic E-state index is 10.4. The number of aliphatic hydroxyl groups is 1. The van der Waals surface area contributed by atoms with Gasteiger partial charge in [0.15, 0.2) is 0 Å². The summed E-state index contributed by atoms with van der Waals surface area (Å²) in [6, 6.07) is 0. The van der Waals surface area contributed by atoms with Crippen molar-refractivity contribution in [2.24, 2.45) is 0 Å². The average molecular weight is 259 g/mol. The van der Waals surface area contributed by atoms with E-state index < -0.39 is 12.1 Å². The van der Waals surface area contributed by atoms with Gasteiger partial charge in [-0.1, -0.05) is 13.3 Å². The van der Waals surface area contributed by atoms with Crippen LogP contribution in [0.5, 0.6) is 0 Å². The SMILES string of the molecule is CCCCN1CCC[C@@H](OC[C@@H](O)CC(=O)O)C1.